The van der Waals surface area contributed by atoms with Crippen molar-refractivity contribution in [1.82, 2.24) is 24.6 Å². The second-order valence-electron chi connectivity index (χ2n) is 9.45. The maximum Gasteiger partial charge on any atom is 0.147 e. The van der Waals surface area contributed by atoms with Gasteiger partial charge in [-0.25, -0.2) is 4.98 Å². The highest BCUT2D eigenvalue weighted by Gasteiger charge is 2.52. The SMILES string of the molecule is COCCn1cnnc1CN(C)Cc1csc(C23CC4CC(CC(C4)C2)C3)n1. The summed E-state index contributed by atoms with van der Waals surface area (Å²) in [4.78, 5) is 7.44. The molecule has 0 unspecified atom stereocenters. The normalized spacial score (nSPS) is 31.2. The first-order chi connectivity index (χ1) is 13.6. The lowest BCUT2D eigenvalue weighted by Crippen LogP contribution is -2.48. The molecule has 0 amide bonds. The van der Waals surface area contributed by atoms with E-state index >= 15 is 0 Å². The Bertz CT molecular complexity index is 780. The summed E-state index contributed by atoms with van der Waals surface area (Å²) in [5.41, 5.74) is 1.62. The van der Waals surface area contributed by atoms with Gasteiger partial charge in [0.25, 0.3) is 0 Å². The molecule has 0 aliphatic heterocycles. The third kappa shape index (κ3) is 3.53. The Labute approximate surface area is 171 Å². The van der Waals surface area contributed by atoms with Gasteiger partial charge in [-0.1, -0.05) is 0 Å². The fourth-order valence-electron chi connectivity index (χ4n) is 6.35. The first-order valence-electron chi connectivity index (χ1n) is 10.6. The largest absolute Gasteiger partial charge is 0.383 e. The maximum atomic E-state index is 5.18. The van der Waals surface area contributed by atoms with E-state index in [9.17, 15) is 0 Å². The Morgan fingerprint density at radius 3 is 2.57 bits per heavy atom. The molecule has 2 heterocycles. The number of hydrogen-bond donors (Lipinski definition) is 0. The van der Waals surface area contributed by atoms with E-state index in [-0.39, 0.29) is 0 Å². The molecule has 0 atom stereocenters. The van der Waals surface area contributed by atoms with Crippen LogP contribution in [0, 0.1) is 17.8 Å². The van der Waals surface area contributed by atoms with Crippen LogP contribution in [-0.2, 0) is 29.8 Å². The Balaban J connectivity index is 1.24. The van der Waals surface area contributed by atoms with E-state index in [1.165, 1.54) is 49.2 Å². The average molecular weight is 402 g/mol. The van der Waals surface area contributed by atoms with Crippen molar-refractivity contribution in [2.45, 2.75) is 63.6 Å². The number of nitrogens with zero attached hydrogens (tertiary/aromatic N) is 5. The van der Waals surface area contributed by atoms with Crippen LogP contribution >= 0.6 is 11.3 Å². The van der Waals surface area contributed by atoms with E-state index < -0.39 is 0 Å². The highest BCUT2D eigenvalue weighted by atomic mass is 32.1. The van der Waals surface area contributed by atoms with Gasteiger partial charge in [0.1, 0.15) is 12.2 Å². The van der Waals surface area contributed by atoms with Gasteiger partial charge in [-0.3, -0.25) is 4.90 Å². The molecule has 4 fully saturated rings. The molecule has 0 spiro atoms. The molecule has 2 aromatic heterocycles. The van der Waals surface area contributed by atoms with Crippen LogP contribution in [0.4, 0.5) is 0 Å². The molecule has 28 heavy (non-hydrogen) atoms. The van der Waals surface area contributed by atoms with Gasteiger partial charge in [0.2, 0.25) is 0 Å². The van der Waals surface area contributed by atoms with Crippen LogP contribution in [0.15, 0.2) is 11.7 Å². The molecule has 4 aliphatic rings. The van der Waals surface area contributed by atoms with Crippen LogP contribution < -0.4 is 0 Å². The van der Waals surface area contributed by atoms with Crippen molar-refractivity contribution in [3.63, 3.8) is 0 Å². The van der Waals surface area contributed by atoms with Gasteiger partial charge in [0, 0.05) is 31.0 Å². The molecule has 4 aliphatic carbocycles. The van der Waals surface area contributed by atoms with Crippen LogP contribution in [0.1, 0.15) is 55.1 Å². The second-order valence-corrected chi connectivity index (χ2v) is 10.3. The molecule has 7 heteroatoms. The zero-order chi connectivity index (χ0) is 19.1. The number of thiazole rings is 1. The first-order valence-corrected chi connectivity index (χ1v) is 11.5. The predicted octanol–water partition coefficient (Wildman–Crippen LogP) is 3.48. The van der Waals surface area contributed by atoms with Gasteiger partial charge in [0.05, 0.1) is 23.9 Å². The fourth-order valence-corrected chi connectivity index (χ4v) is 7.39. The van der Waals surface area contributed by atoms with Gasteiger partial charge < -0.3 is 9.30 Å². The second kappa shape index (κ2) is 7.50. The van der Waals surface area contributed by atoms with Gasteiger partial charge >= 0.3 is 0 Å². The van der Waals surface area contributed by atoms with E-state index in [4.69, 9.17) is 9.72 Å². The van der Waals surface area contributed by atoms with Crippen LogP contribution in [0.25, 0.3) is 0 Å². The minimum Gasteiger partial charge on any atom is -0.383 e. The lowest BCUT2D eigenvalue weighted by molar-refractivity contribution is -0.00537. The monoisotopic (exact) mass is 401 g/mol. The van der Waals surface area contributed by atoms with Crippen LogP contribution in [-0.4, -0.2) is 45.4 Å². The van der Waals surface area contributed by atoms with Gasteiger partial charge in [-0.2, -0.15) is 0 Å². The summed E-state index contributed by atoms with van der Waals surface area (Å²) < 4.78 is 7.25. The summed E-state index contributed by atoms with van der Waals surface area (Å²) in [7, 11) is 3.86. The average Bonchev–Trinajstić information content (AvgIpc) is 3.28. The smallest absolute Gasteiger partial charge is 0.147 e. The molecule has 2 aromatic rings. The summed E-state index contributed by atoms with van der Waals surface area (Å²) in [5, 5.41) is 12.1. The molecule has 4 bridgehead atoms. The van der Waals surface area contributed by atoms with Crippen molar-refractivity contribution < 1.29 is 4.74 Å². The van der Waals surface area contributed by atoms with Crippen molar-refractivity contribution in [1.29, 1.82) is 0 Å². The predicted molar refractivity (Wildman–Crippen MR) is 109 cm³/mol. The highest BCUT2D eigenvalue weighted by molar-refractivity contribution is 7.09. The number of ether oxygens (including phenoxy) is 1. The summed E-state index contributed by atoms with van der Waals surface area (Å²) in [5.74, 6) is 3.90. The van der Waals surface area contributed by atoms with Gasteiger partial charge in [-0.05, 0) is 63.3 Å². The summed E-state index contributed by atoms with van der Waals surface area (Å²) in [6, 6.07) is 0. The zero-order valence-electron chi connectivity index (χ0n) is 17.0. The summed E-state index contributed by atoms with van der Waals surface area (Å²) in [6.45, 7) is 3.10. The number of rotatable bonds is 8. The topological polar surface area (TPSA) is 56.1 Å². The number of aromatic nitrogens is 4. The Hall–Kier alpha value is -1.31. The summed E-state index contributed by atoms with van der Waals surface area (Å²) >= 11 is 1.91. The van der Waals surface area contributed by atoms with E-state index in [1.54, 1.807) is 13.4 Å². The highest BCUT2D eigenvalue weighted by Crippen LogP contribution is 2.61. The van der Waals surface area contributed by atoms with E-state index in [2.05, 4.69) is 32.1 Å². The van der Waals surface area contributed by atoms with Crippen molar-refractivity contribution in [2.24, 2.45) is 17.8 Å². The first kappa shape index (κ1) is 18.7. The number of methoxy groups -OCH3 is 1. The third-order valence-corrected chi connectivity index (χ3v) is 8.26. The van der Waals surface area contributed by atoms with Crippen LogP contribution in [0.2, 0.25) is 0 Å². The van der Waals surface area contributed by atoms with Crippen LogP contribution in [0.3, 0.4) is 0 Å². The van der Waals surface area contributed by atoms with E-state index in [1.807, 2.05) is 11.3 Å². The molecule has 6 nitrogen and oxygen atoms in total. The molecule has 0 N–H and O–H groups in total. The Morgan fingerprint density at radius 1 is 1.18 bits per heavy atom. The standard InChI is InChI=1S/C21H31N5OS/c1-25(12-19-24-22-14-26(19)3-4-27-2)11-18-13-28-20(23-18)21-8-15-5-16(9-21)7-17(6-15)10-21/h13-17H,3-12H2,1-2H3. The Kier molecular flexibility index (Phi) is 5.01. The molecular weight excluding hydrogens is 370 g/mol. The van der Waals surface area contributed by atoms with E-state index in [0.29, 0.717) is 12.0 Å². The lowest BCUT2D eigenvalue weighted by Gasteiger charge is -2.56. The van der Waals surface area contributed by atoms with E-state index in [0.717, 1.165) is 43.2 Å². The van der Waals surface area contributed by atoms with Crippen molar-refractivity contribution >= 4 is 11.3 Å². The minimum atomic E-state index is 0.413. The molecule has 4 saturated carbocycles. The summed E-state index contributed by atoms with van der Waals surface area (Å²) in [6.07, 6.45) is 10.4. The number of hydrogen-bond acceptors (Lipinski definition) is 6. The molecule has 152 valence electrons. The molecule has 0 aromatic carbocycles. The lowest BCUT2D eigenvalue weighted by atomic mass is 9.50. The van der Waals surface area contributed by atoms with Crippen LogP contribution in [0.5, 0.6) is 0 Å². The van der Waals surface area contributed by atoms with Crippen molar-refractivity contribution in [2.75, 3.05) is 20.8 Å². The Morgan fingerprint density at radius 2 is 1.89 bits per heavy atom. The molecule has 0 saturated heterocycles. The maximum absolute atomic E-state index is 5.18. The minimum absolute atomic E-state index is 0.413. The third-order valence-electron chi connectivity index (χ3n) is 7.12. The van der Waals surface area contributed by atoms with Crippen molar-refractivity contribution in [3.8, 4) is 0 Å². The van der Waals surface area contributed by atoms with Gasteiger partial charge in [0.15, 0.2) is 0 Å². The fraction of sp³-hybridized carbons (Fsp3) is 0.762. The quantitative estimate of drug-likeness (QED) is 0.678. The molecule has 0 radical (unpaired) electrons. The molecular formula is C21H31N5OS. The van der Waals surface area contributed by atoms with Gasteiger partial charge in [-0.15, -0.1) is 21.5 Å². The molecule has 6 rings (SSSR count). The zero-order valence-corrected chi connectivity index (χ0v) is 17.8. The van der Waals surface area contributed by atoms with Crippen molar-refractivity contribution in [3.05, 3.63) is 28.2 Å².